The molecule has 1 saturated carbocycles. The van der Waals surface area contributed by atoms with Crippen LogP contribution in [0.2, 0.25) is 10.0 Å². The van der Waals surface area contributed by atoms with Gasteiger partial charge in [-0.05, 0) is 87.1 Å². The number of anilines is 1. The Kier molecular flexibility index (Phi) is 8.58. The van der Waals surface area contributed by atoms with Crippen molar-refractivity contribution in [1.82, 2.24) is 15.2 Å². The second-order valence-electron chi connectivity index (χ2n) is 12.1. The lowest BCUT2D eigenvalue weighted by Gasteiger charge is -2.32. The summed E-state index contributed by atoms with van der Waals surface area (Å²) < 4.78 is 26.8. The molecule has 1 aromatic heterocycles. The number of likely N-dealkylation sites (tertiary alicyclic amines) is 1. The normalized spacial score (nSPS) is 19.0. The smallest absolute Gasteiger partial charge is 0.256 e. The molecule has 2 aromatic carbocycles. The van der Waals surface area contributed by atoms with Crippen molar-refractivity contribution in [3.05, 3.63) is 80.1 Å². The van der Waals surface area contributed by atoms with Crippen LogP contribution in [0.1, 0.15) is 59.3 Å². The molecule has 0 spiro atoms. The first kappa shape index (κ1) is 31.4. The van der Waals surface area contributed by atoms with Gasteiger partial charge in [-0.25, -0.2) is 8.42 Å². The molecule has 1 aliphatic carbocycles. The molecular formula is C33H34Cl2N4O5S. The molecule has 12 heteroatoms. The van der Waals surface area contributed by atoms with Gasteiger partial charge in [0.05, 0.1) is 28.6 Å². The quantitative estimate of drug-likeness (QED) is 0.275. The Morgan fingerprint density at radius 2 is 1.80 bits per heavy atom. The van der Waals surface area contributed by atoms with Gasteiger partial charge in [0.1, 0.15) is 0 Å². The van der Waals surface area contributed by atoms with Crippen molar-refractivity contribution in [1.29, 1.82) is 0 Å². The van der Waals surface area contributed by atoms with Crippen molar-refractivity contribution in [3.8, 4) is 0 Å². The summed E-state index contributed by atoms with van der Waals surface area (Å²) in [6.45, 7) is 4.81. The summed E-state index contributed by atoms with van der Waals surface area (Å²) in [5.41, 5.74) is 4.70. The Bertz CT molecular complexity index is 1840. The van der Waals surface area contributed by atoms with Crippen LogP contribution in [0.15, 0.2) is 41.3 Å². The number of nitrogens with one attached hydrogen (secondary N) is 3. The van der Waals surface area contributed by atoms with Crippen molar-refractivity contribution in [2.24, 2.45) is 5.92 Å². The zero-order valence-electron chi connectivity index (χ0n) is 25.0. The van der Waals surface area contributed by atoms with Gasteiger partial charge in [0, 0.05) is 57.4 Å². The number of benzene rings is 2. The molecule has 3 amide bonds. The van der Waals surface area contributed by atoms with Crippen LogP contribution in [0.4, 0.5) is 5.69 Å². The molecule has 0 unspecified atom stereocenters. The van der Waals surface area contributed by atoms with Crippen molar-refractivity contribution in [2.45, 2.75) is 62.6 Å². The average molecular weight is 670 g/mol. The summed E-state index contributed by atoms with van der Waals surface area (Å²) in [5.74, 6) is -0.937. The zero-order chi connectivity index (χ0) is 32.0. The maximum Gasteiger partial charge on any atom is 0.256 e. The largest absolute Gasteiger partial charge is 0.359 e. The minimum atomic E-state index is -3.85. The Morgan fingerprint density at radius 3 is 2.51 bits per heavy atom. The summed E-state index contributed by atoms with van der Waals surface area (Å²) >= 11 is 12.5. The fourth-order valence-corrected chi connectivity index (χ4v) is 8.16. The Labute approximate surface area is 272 Å². The second-order valence-corrected chi connectivity index (χ2v) is 14.9. The number of halogens is 2. The van der Waals surface area contributed by atoms with Crippen LogP contribution in [0.3, 0.4) is 0 Å². The lowest BCUT2D eigenvalue weighted by molar-refractivity contribution is -0.135. The van der Waals surface area contributed by atoms with E-state index in [0.717, 1.165) is 42.5 Å². The number of nitrogens with zero attached hydrogens (tertiary/aromatic N) is 1. The molecule has 236 valence electrons. The Balaban J connectivity index is 1.22. The topological polar surface area (TPSA) is 128 Å². The van der Waals surface area contributed by atoms with Gasteiger partial charge in [0.2, 0.25) is 11.8 Å². The first-order valence-corrected chi connectivity index (χ1v) is 17.4. The third-order valence-electron chi connectivity index (χ3n) is 8.85. The zero-order valence-corrected chi connectivity index (χ0v) is 27.3. The van der Waals surface area contributed by atoms with Crippen molar-refractivity contribution in [3.63, 3.8) is 0 Å². The van der Waals surface area contributed by atoms with Gasteiger partial charge in [0.25, 0.3) is 5.91 Å². The number of hydrogen-bond donors (Lipinski definition) is 3. The summed E-state index contributed by atoms with van der Waals surface area (Å²) in [4.78, 5) is 44.2. The highest BCUT2D eigenvalue weighted by Gasteiger charge is 2.33. The van der Waals surface area contributed by atoms with Crippen LogP contribution < -0.4 is 10.6 Å². The molecule has 3 aromatic rings. The monoisotopic (exact) mass is 668 g/mol. The fourth-order valence-electron chi connectivity index (χ4n) is 6.04. The van der Waals surface area contributed by atoms with E-state index in [2.05, 4.69) is 15.6 Å². The number of aromatic nitrogens is 1. The van der Waals surface area contributed by atoms with Crippen LogP contribution >= 0.6 is 23.2 Å². The standard InChI is InChI=1S/C33H34Cl2N4O5S/c1-18-23(15-31(40)39-12-4-5-20(16-39)32(41)37-21-8-9-21)19(2)36-30(18)14-25-24-13-22(10-11-29(24)38-33(25)42)45(43,44)17-26-27(34)6-3-7-28(26)35/h3,6-7,10-11,13-14,20-21,36H,4-5,8-9,12,15-17H2,1-2H3,(H,37,41)(H,38,42)/b25-14-/t20-/m1/s1. The Hall–Kier alpha value is -3.60. The van der Waals surface area contributed by atoms with E-state index < -0.39 is 9.84 Å². The molecule has 3 heterocycles. The lowest BCUT2D eigenvalue weighted by Crippen LogP contribution is -2.46. The molecule has 3 aliphatic rings. The van der Waals surface area contributed by atoms with Gasteiger partial charge in [-0.1, -0.05) is 29.3 Å². The van der Waals surface area contributed by atoms with E-state index in [9.17, 15) is 22.8 Å². The number of hydrogen-bond acceptors (Lipinski definition) is 5. The predicted molar refractivity (Wildman–Crippen MR) is 175 cm³/mol. The number of fused-ring (bicyclic) bond motifs is 1. The van der Waals surface area contributed by atoms with Crippen LogP contribution in [0.5, 0.6) is 0 Å². The molecule has 6 rings (SSSR count). The van der Waals surface area contributed by atoms with E-state index in [1.165, 1.54) is 12.1 Å². The van der Waals surface area contributed by atoms with Crippen LogP contribution in [0.25, 0.3) is 11.6 Å². The number of aromatic amines is 1. The molecular weight excluding hydrogens is 635 g/mol. The lowest BCUT2D eigenvalue weighted by atomic mass is 9.96. The van der Waals surface area contributed by atoms with Crippen molar-refractivity contribution in [2.75, 3.05) is 18.4 Å². The molecule has 0 radical (unpaired) electrons. The van der Waals surface area contributed by atoms with Gasteiger partial charge in [-0.3, -0.25) is 14.4 Å². The minimum absolute atomic E-state index is 0.0379. The van der Waals surface area contributed by atoms with Gasteiger partial charge in [-0.15, -0.1) is 0 Å². The van der Waals surface area contributed by atoms with E-state index in [1.807, 2.05) is 13.8 Å². The highest BCUT2D eigenvalue weighted by Crippen LogP contribution is 2.37. The molecule has 2 fully saturated rings. The van der Waals surface area contributed by atoms with Gasteiger partial charge >= 0.3 is 0 Å². The molecule has 3 N–H and O–H groups in total. The summed E-state index contributed by atoms with van der Waals surface area (Å²) in [6, 6.07) is 9.63. The number of aryl methyl sites for hydroxylation is 1. The predicted octanol–water partition coefficient (Wildman–Crippen LogP) is 5.46. The number of carbonyl (C=O) groups is 3. The van der Waals surface area contributed by atoms with E-state index in [1.54, 1.807) is 35.2 Å². The number of amides is 3. The molecule has 1 atom stereocenters. The molecule has 2 aliphatic heterocycles. The van der Waals surface area contributed by atoms with Gasteiger partial charge in [-0.2, -0.15) is 0 Å². The number of H-pyrrole nitrogens is 1. The number of rotatable bonds is 8. The molecule has 1 saturated heterocycles. The summed E-state index contributed by atoms with van der Waals surface area (Å²) in [7, 11) is -3.85. The summed E-state index contributed by atoms with van der Waals surface area (Å²) in [5, 5.41) is 6.39. The van der Waals surface area contributed by atoms with E-state index >= 15 is 0 Å². The highest BCUT2D eigenvalue weighted by molar-refractivity contribution is 7.90. The SMILES string of the molecule is Cc1[nH]c(/C=C2\C(=O)Nc3ccc(S(=O)(=O)Cc4c(Cl)cccc4Cl)cc32)c(C)c1CC(=O)N1CCC[C@@H](C(=O)NC2CC2)C1. The first-order chi connectivity index (χ1) is 21.4. The maximum absolute atomic E-state index is 13.4. The van der Waals surface area contributed by atoms with Crippen molar-refractivity contribution >= 4 is 68.1 Å². The van der Waals surface area contributed by atoms with Crippen LogP contribution in [0, 0.1) is 19.8 Å². The Morgan fingerprint density at radius 1 is 1.07 bits per heavy atom. The van der Waals surface area contributed by atoms with Crippen LogP contribution in [-0.4, -0.2) is 55.2 Å². The molecule has 0 bridgehead atoms. The number of sulfone groups is 1. The first-order valence-electron chi connectivity index (χ1n) is 15.0. The molecule has 45 heavy (non-hydrogen) atoms. The van der Waals surface area contributed by atoms with E-state index in [4.69, 9.17) is 23.2 Å². The van der Waals surface area contributed by atoms with Crippen LogP contribution in [-0.2, 0) is 36.4 Å². The molecule has 9 nitrogen and oxygen atoms in total. The second kappa shape index (κ2) is 12.3. The third kappa shape index (κ3) is 6.55. The van der Waals surface area contributed by atoms with Crippen molar-refractivity contribution < 1.29 is 22.8 Å². The van der Waals surface area contributed by atoms with Gasteiger partial charge in [0.15, 0.2) is 9.84 Å². The number of carbonyl (C=O) groups excluding carboxylic acids is 3. The van der Waals surface area contributed by atoms with E-state index in [0.29, 0.717) is 47.2 Å². The van der Waals surface area contributed by atoms with E-state index in [-0.39, 0.29) is 50.8 Å². The minimum Gasteiger partial charge on any atom is -0.359 e. The third-order valence-corrected chi connectivity index (χ3v) is 11.2. The highest BCUT2D eigenvalue weighted by atomic mass is 35.5. The maximum atomic E-state index is 13.4. The fraction of sp³-hybridized carbons (Fsp3) is 0.364. The summed E-state index contributed by atoms with van der Waals surface area (Å²) in [6.07, 6.45) is 5.48. The number of piperidine rings is 1. The van der Waals surface area contributed by atoms with Gasteiger partial charge < -0.3 is 20.5 Å². The average Bonchev–Trinajstić information content (AvgIpc) is 3.72.